The van der Waals surface area contributed by atoms with E-state index < -0.39 is 5.97 Å². The molecule has 1 aliphatic rings. The van der Waals surface area contributed by atoms with Gasteiger partial charge in [0.05, 0.1) is 17.4 Å². The lowest BCUT2D eigenvalue weighted by atomic mass is 10.0. The first-order chi connectivity index (χ1) is 9.54. The zero-order chi connectivity index (χ0) is 14.7. The number of carboxylic acids is 1. The molecule has 0 saturated carbocycles. The summed E-state index contributed by atoms with van der Waals surface area (Å²) in [5.41, 5.74) is 5.73. The van der Waals surface area contributed by atoms with Crippen molar-refractivity contribution in [1.82, 2.24) is 10.3 Å². The van der Waals surface area contributed by atoms with Crippen molar-refractivity contribution in [1.29, 1.82) is 0 Å². The number of piperidine rings is 1. The highest BCUT2D eigenvalue weighted by Gasteiger charge is 2.29. The van der Waals surface area contributed by atoms with Gasteiger partial charge in [0.25, 0.3) is 0 Å². The van der Waals surface area contributed by atoms with E-state index in [1.807, 2.05) is 4.90 Å². The quantitative estimate of drug-likeness (QED) is 0.741. The van der Waals surface area contributed by atoms with E-state index in [0.29, 0.717) is 12.4 Å². The summed E-state index contributed by atoms with van der Waals surface area (Å²) in [6, 6.07) is 1.12. The summed E-state index contributed by atoms with van der Waals surface area (Å²) in [5, 5.41) is 11.7. The van der Waals surface area contributed by atoms with E-state index in [1.54, 1.807) is 7.05 Å². The summed E-state index contributed by atoms with van der Waals surface area (Å²) in [7, 11) is 1.59. The minimum atomic E-state index is -1.10. The van der Waals surface area contributed by atoms with Crippen LogP contribution in [0.15, 0.2) is 12.3 Å². The van der Waals surface area contributed by atoms with Crippen LogP contribution in [-0.4, -0.2) is 41.6 Å². The predicted molar refractivity (Wildman–Crippen MR) is 74.7 cm³/mol. The molecular formula is C13H18N4O3. The fraction of sp³-hybridized carbons (Fsp3) is 0.462. The molecule has 1 aromatic rings. The smallest absolute Gasteiger partial charge is 0.337 e. The van der Waals surface area contributed by atoms with Crippen LogP contribution in [-0.2, 0) is 4.79 Å². The summed E-state index contributed by atoms with van der Waals surface area (Å²) in [4.78, 5) is 29.0. The molecule has 2 heterocycles. The Morgan fingerprint density at radius 2 is 2.25 bits per heavy atom. The van der Waals surface area contributed by atoms with Gasteiger partial charge in [-0.25, -0.2) is 9.78 Å². The van der Waals surface area contributed by atoms with Gasteiger partial charge in [-0.2, -0.15) is 0 Å². The molecule has 20 heavy (non-hydrogen) atoms. The van der Waals surface area contributed by atoms with Crippen molar-refractivity contribution >= 4 is 23.4 Å². The molecular weight excluding hydrogens is 260 g/mol. The van der Waals surface area contributed by atoms with Crippen LogP contribution in [0.2, 0.25) is 0 Å². The summed E-state index contributed by atoms with van der Waals surface area (Å²) < 4.78 is 0. The lowest BCUT2D eigenvalue weighted by Crippen LogP contribution is -2.49. The molecule has 4 N–H and O–H groups in total. The van der Waals surface area contributed by atoms with Gasteiger partial charge in [-0.3, -0.25) is 4.79 Å². The number of nitrogen functional groups attached to an aromatic ring is 1. The first-order valence-electron chi connectivity index (χ1n) is 6.51. The lowest BCUT2D eigenvalue weighted by Gasteiger charge is -2.35. The van der Waals surface area contributed by atoms with Gasteiger partial charge in [-0.05, 0) is 25.3 Å². The molecule has 0 radical (unpaired) electrons. The van der Waals surface area contributed by atoms with E-state index in [9.17, 15) is 9.59 Å². The predicted octanol–water partition coefficient (Wildman–Crippen LogP) is 0.467. The van der Waals surface area contributed by atoms with Crippen LogP contribution in [0.25, 0.3) is 0 Å². The van der Waals surface area contributed by atoms with E-state index >= 15 is 0 Å². The zero-order valence-corrected chi connectivity index (χ0v) is 11.3. The van der Waals surface area contributed by atoms with Crippen molar-refractivity contribution in [2.75, 3.05) is 24.2 Å². The van der Waals surface area contributed by atoms with E-state index in [-0.39, 0.29) is 23.2 Å². The number of aromatic carboxylic acids is 1. The van der Waals surface area contributed by atoms with Gasteiger partial charge in [0, 0.05) is 13.6 Å². The average Bonchev–Trinajstić information content (AvgIpc) is 2.46. The third-order valence-corrected chi connectivity index (χ3v) is 3.50. The Hall–Kier alpha value is -2.31. The highest BCUT2D eigenvalue weighted by Crippen LogP contribution is 2.25. The van der Waals surface area contributed by atoms with Gasteiger partial charge >= 0.3 is 5.97 Å². The van der Waals surface area contributed by atoms with Gasteiger partial charge < -0.3 is 21.1 Å². The number of carbonyl (C=O) groups is 2. The summed E-state index contributed by atoms with van der Waals surface area (Å²) in [6.45, 7) is 0.675. The third kappa shape index (κ3) is 2.66. The topological polar surface area (TPSA) is 109 Å². The van der Waals surface area contributed by atoms with Crippen molar-refractivity contribution in [2.24, 2.45) is 0 Å². The van der Waals surface area contributed by atoms with Crippen molar-refractivity contribution in [3.63, 3.8) is 0 Å². The van der Waals surface area contributed by atoms with Crippen LogP contribution < -0.4 is 16.0 Å². The van der Waals surface area contributed by atoms with E-state index in [1.165, 1.54) is 12.3 Å². The van der Waals surface area contributed by atoms with E-state index in [2.05, 4.69) is 10.3 Å². The Labute approximate surface area is 116 Å². The average molecular weight is 278 g/mol. The molecule has 1 atom stereocenters. The Bertz CT molecular complexity index is 532. The number of amides is 1. The SMILES string of the molecule is CNC(=O)C1CCCCN1c1cc(C(=O)O)c(N)cn1. The Kier molecular flexibility index (Phi) is 4.07. The van der Waals surface area contributed by atoms with Gasteiger partial charge in [-0.15, -0.1) is 0 Å². The highest BCUT2D eigenvalue weighted by molar-refractivity contribution is 5.94. The number of rotatable bonds is 3. The highest BCUT2D eigenvalue weighted by atomic mass is 16.4. The molecule has 108 valence electrons. The van der Waals surface area contributed by atoms with Crippen molar-refractivity contribution < 1.29 is 14.7 Å². The lowest BCUT2D eigenvalue weighted by molar-refractivity contribution is -0.122. The molecule has 0 aliphatic carbocycles. The number of anilines is 2. The minimum Gasteiger partial charge on any atom is -0.478 e. The maximum Gasteiger partial charge on any atom is 0.337 e. The van der Waals surface area contributed by atoms with Crippen molar-refractivity contribution in [3.05, 3.63) is 17.8 Å². The molecule has 1 aromatic heterocycles. The number of hydrogen-bond acceptors (Lipinski definition) is 5. The molecule has 2 rings (SSSR count). The number of aromatic nitrogens is 1. The van der Waals surface area contributed by atoms with Gasteiger partial charge in [0.2, 0.25) is 5.91 Å². The van der Waals surface area contributed by atoms with Crippen LogP contribution >= 0.6 is 0 Å². The Morgan fingerprint density at radius 1 is 1.50 bits per heavy atom. The molecule has 1 aliphatic heterocycles. The number of pyridine rings is 1. The Balaban J connectivity index is 2.35. The van der Waals surface area contributed by atoms with Gasteiger partial charge in [0.15, 0.2) is 0 Å². The van der Waals surface area contributed by atoms with Crippen LogP contribution in [0.3, 0.4) is 0 Å². The number of carbonyl (C=O) groups excluding carboxylic acids is 1. The standard InChI is InChI=1S/C13H18N4O3/c1-15-12(18)10-4-2-3-5-17(10)11-6-8(13(19)20)9(14)7-16-11/h6-7,10H,2-5,14H2,1H3,(H,15,18)(H,19,20). The minimum absolute atomic E-state index is 0.0104. The zero-order valence-electron chi connectivity index (χ0n) is 11.3. The van der Waals surface area contributed by atoms with Crippen molar-refractivity contribution in [2.45, 2.75) is 25.3 Å². The molecule has 0 aromatic carbocycles. The number of nitrogens with one attached hydrogen (secondary N) is 1. The molecule has 1 saturated heterocycles. The molecule has 7 nitrogen and oxygen atoms in total. The second kappa shape index (κ2) is 5.77. The monoisotopic (exact) mass is 278 g/mol. The number of likely N-dealkylation sites (N-methyl/N-ethyl adjacent to an activating group) is 1. The van der Waals surface area contributed by atoms with E-state index in [0.717, 1.165) is 19.3 Å². The van der Waals surface area contributed by atoms with Crippen LogP contribution in [0.1, 0.15) is 29.6 Å². The maximum atomic E-state index is 11.9. The fourth-order valence-electron chi connectivity index (χ4n) is 2.44. The van der Waals surface area contributed by atoms with Crippen LogP contribution in [0.4, 0.5) is 11.5 Å². The van der Waals surface area contributed by atoms with Crippen molar-refractivity contribution in [3.8, 4) is 0 Å². The first-order valence-corrected chi connectivity index (χ1v) is 6.51. The maximum absolute atomic E-state index is 11.9. The number of nitrogens with zero attached hydrogens (tertiary/aromatic N) is 2. The molecule has 7 heteroatoms. The largest absolute Gasteiger partial charge is 0.478 e. The molecule has 1 fully saturated rings. The molecule has 0 bridgehead atoms. The first kappa shape index (κ1) is 14.1. The van der Waals surface area contributed by atoms with Crippen LogP contribution in [0, 0.1) is 0 Å². The number of hydrogen-bond donors (Lipinski definition) is 3. The Morgan fingerprint density at radius 3 is 2.90 bits per heavy atom. The second-order valence-electron chi connectivity index (χ2n) is 4.75. The summed E-state index contributed by atoms with van der Waals surface area (Å²) in [6.07, 6.45) is 3.97. The van der Waals surface area contributed by atoms with Gasteiger partial charge in [0.1, 0.15) is 11.9 Å². The van der Waals surface area contributed by atoms with Crippen LogP contribution in [0.5, 0.6) is 0 Å². The third-order valence-electron chi connectivity index (χ3n) is 3.50. The molecule has 0 spiro atoms. The molecule has 1 unspecified atom stereocenters. The summed E-state index contributed by atoms with van der Waals surface area (Å²) >= 11 is 0. The van der Waals surface area contributed by atoms with Gasteiger partial charge in [-0.1, -0.05) is 0 Å². The van der Waals surface area contributed by atoms with E-state index in [4.69, 9.17) is 10.8 Å². The fourth-order valence-corrected chi connectivity index (χ4v) is 2.44. The number of carboxylic acid groups (broad SMARTS) is 1. The second-order valence-corrected chi connectivity index (χ2v) is 4.75. The summed E-state index contributed by atoms with van der Waals surface area (Å²) in [5.74, 6) is -0.704. The molecule has 1 amide bonds. The number of nitrogens with two attached hydrogens (primary N) is 1. The normalized spacial score (nSPS) is 18.6.